The third kappa shape index (κ3) is 3.60. The summed E-state index contributed by atoms with van der Waals surface area (Å²) in [7, 11) is 0. The van der Waals surface area contributed by atoms with E-state index in [-0.39, 0.29) is 0 Å². The molecule has 0 aliphatic rings. The molecule has 1 heterocycles. The maximum Gasteiger partial charge on any atom is 0.203 e. The quantitative estimate of drug-likeness (QED) is 0.861. The molecule has 4 nitrogen and oxygen atoms in total. The molecule has 0 saturated heterocycles. The Bertz CT molecular complexity index is 570. The van der Waals surface area contributed by atoms with E-state index in [1.807, 2.05) is 37.3 Å². The number of benzene rings is 1. The molecule has 0 bridgehead atoms. The zero-order valence-electron chi connectivity index (χ0n) is 10.8. The number of hydrogen-bond donors (Lipinski definition) is 1. The highest BCUT2D eigenvalue weighted by atomic mass is 16.5. The molecule has 19 heavy (non-hydrogen) atoms. The standard InChI is InChI=1S/C15H16N2O2/c1-2-18-11-12-5-3-4-6-15(12)17-10-14-8-7-13(9-16)19-14/h3-8,17H,2,10-11H2,1H3. The Morgan fingerprint density at radius 3 is 2.84 bits per heavy atom. The lowest BCUT2D eigenvalue weighted by molar-refractivity contribution is 0.134. The summed E-state index contributed by atoms with van der Waals surface area (Å²) in [5.41, 5.74) is 2.13. The highest BCUT2D eigenvalue weighted by Crippen LogP contribution is 2.17. The van der Waals surface area contributed by atoms with Gasteiger partial charge >= 0.3 is 0 Å². The monoisotopic (exact) mass is 256 g/mol. The van der Waals surface area contributed by atoms with E-state index < -0.39 is 0 Å². The van der Waals surface area contributed by atoms with E-state index in [9.17, 15) is 0 Å². The molecular weight excluding hydrogens is 240 g/mol. The maximum atomic E-state index is 8.70. The van der Waals surface area contributed by atoms with Crippen LogP contribution in [0.1, 0.15) is 24.0 Å². The summed E-state index contributed by atoms with van der Waals surface area (Å²) in [6.07, 6.45) is 0. The first kappa shape index (κ1) is 13.2. The first-order chi connectivity index (χ1) is 9.33. The number of para-hydroxylation sites is 1. The molecule has 0 radical (unpaired) electrons. The van der Waals surface area contributed by atoms with E-state index in [0.29, 0.717) is 25.5 Å². The van der Waals surface area contributed by atoms with Crippen molar-refractivity contribution in [1.29, 1.82) is 5.26 Å². The number of furan rings is 1. The second-order valence-electron chi connectivity index (χ2n) is 4.03. The molecule has 0 fully saturated rings. The molecule has 98 valence electrons. The van der Waals surface area contributed by atoms with Crippen molar-refractivity contribution < 1.29 is 9.15 Å². The Kier molecular flexibility index (Phi) is 4.60. The number of rotatable bonds is 6. The van der Waals surface area contributed by atoms with Gasteiger partial charge in [-0.25, -0.2) is 0 Å². The molecule has 0 aliphatic carbocycles. The van der Waals surface area contributed by atoms with E-state index in [1.54, 1.807) is 12.1 Å². The first-order valence-electron chi connectivity index (χ1n) is 6.22. The number of nitriles is 1. The Labute approximate surface area is 112 Å². The number of hydrogen-bond acceptors (Lipinski definition) is 4. The number of nitrogens with one attached hydrogen (secondary N) is 1. The molecule has 0 unspecified atom stereocenters. The topological polar surface area (TPSA) is 58.2 Å². The van der Waals surface area contributed by atoms with Crippen LogP contribution in [0.15, 0.2) is 40.8 Å². The number of ether oxygens (including phenoxy) is 1. The van der Waals surface area contributed by atoms with Crippen molar-refractivity contribution in [2.45, 2.75) is 20.1 Å². The predicted molar refractivity (Wildman–Crippen MR) is 72.5 cm³/mol. The van der Waals surface area contributed by atoms with Crippen molar-refractivity contribution >= 4 is 5.69 Å². The summed E-state index contributed by atoms with van der Waals surface area (Å²) in [5, 5.41) is 12.0. The molecule has 2 aromatic rings. The van der Waals surface area contributed by atoms with Crippen LogP contribution in [0, 0.1) is 11.3 Å². The second kappa shape index (κ2) is 6.62. The van der Waals surface area contributed by atoms with Gasteiger partial charge in [-0.05, 0) is 25.1 Å². The largest absolute Gasteiger partial charge is 0.449 e. The molecule has 0 spiro atoms. The average Bonchev–Trinajstić information content (AvgIpc) is 2.91. The van der Waals surface area contributed by atoms with Gasteiger partial charge in [0, 0.05) is 17.9 Å². The molecular formula is C15H16N2O2. The zero-order valence-corrected chi connectivity index (χ0v) is 10.8. The molecule has 0 saturated carbocycles. The fourth-order valence-electron chi connectivity index (χ4n) is 1.75. The van der Waals surface area contributed by atoms with Crippen molar-refractivity contribution in [2.75, 3.05) is 11.9 Å². The molecule has 0 atom stereocenters. The van der Waals surface area contributed by atoms with E-state index >= 15 is 0 Å². The molecule has 1 aromatic heterocycles. The fourth-order valence-corrected chi connectivity index (χ4v) is 1.75. The Hall–Kier alpha value is -2.25. The lowest BCUT2D eigenvalue weighted by atomic mass is 10.2. The van der Waals surface area contributed by atoms with Gasteiger partial charge in [0.2, 0.25) is 5.76 Å². The van der Waals surface area contributed by atoms with Crippen LogP contribution in [0.5, 0.6) is 0 Å². The van der Waals surface area contributed by atoms with Crippen LogP contribution >= 0.6 is 0 Å². The van der Waals surface area contributed by atoms with Gasteiger partial charge in [-0.15, -0.1) is 0 Å². The minimum Gasteiger partial charge on any atom is -0.449 e. The minimum atomic E-state index is 0.333. The summed E-state index contributed by atoms with van der Waals surface area (Å²) >= 11 is 0. The lowest BCUT2D eigenvalue weighted by Gasteiger charge is -2.10. The highest BCUT2D eigenvalue weighted by Gasteiger charge is 2.04. The summed E-state index contributed by atoms with van der Waals surface area (Å²) in [5.74, 6) is 1.07. The number of nitrogens with zero attached hydrogens (tertiary/aromatic N) is 1. The molecule has 2 rings (SSSR count). The summed E-state index contributed by atoms with van der Waals surface area (Å²) in [6, 6.07) is 13.4. The third-order valence-corrected chi connectivity index (χ3v) is 2.70. The van der Waals surface area contributed by atoms with Crippen LogP contribution in [0.25, 0.3) is 0 Å². The first-order valence-corrected chi connectivity index (χ1v) is 6.22. The van der Waals surface area contributed by atoms with Crippen LogP contribution < -0.4 is 5.32 Å². The Morgan fingerprint density at radius 1 is 1.26 bits per heavy atom. The molecule has 1 aromatic carbocycles. The van der Waals surface area contributed by atoms with Crippen LogP contribution in [0.4, 0.5) is 5.69 Å². The van der Waals surface area contributed by atoms with E-state index in [2.05, 4.69) is 5.32 Å². The van der Waals surface area contributed by atoms with Gasteiger partial charge in [0.25, 0.3) is 0 Å². The van der Waals surface area contributed by atoms with Gasteiger partial charge < -0.3 is 14.5 Å². The second-order valence-corrected chi connectivity index (χ2v) is 4.03. The summed E-state index contributed by atoms with van der Waals surface area (Å²) in [4.78, 5) is 0. The number of anilines is 1. The molecule has 0 aliphatic heterocycles. The van der Waals surface area contributed by atoms with Crippen LogP contribution in [-0.2, 0) is 17.9 Å². The van der Waals surface area contributed by atoms with Gasteiger partial charge in [0.05, 0.1) is 13.2 Å². The van der Waals surface area contributed by atoms with Crippen LogP contribution in [0.3, 0.4) is 0 Å². The van der Waals surface area contributed by atoms with Crippen molar-refractivity contribution in [3.05, 3.63) is 53.5 Å². The average molecular weight is 256 g/mol. The van der Waals surface area contributed by atoms with E-state index in [4.69, 9.17) is 14.4 Å². The van der Waals surface area contributed by atoms with Crippen molar-refractivity contribution in [3.8, 4) is 6.07 Å². The van der Waals surface area contributed by atoms with Crippen molar-refractivity contribution in [3.63, 3.8) is 0 Å². The van der Waals surface area contributed by atoms with Gasteiger partial charge in [-0.3, -0.25) is 0 Å². The predicted octanol–water partition coefficient (Wildman–Crippen LogP) is 3.30. The smallest absolute Gasteiger partial charge is 0.203 e. The summed E-state index contributed by atoms with van der Waals surface area (Å²) < 4.78 is 10.7. The van der Waals surface area contributed by atoms with Gasteiger partial charge in [0.1, 0.15) is 11.8 Å². The molecule has 0 amide bonds. The normalized spacial score (nSPS) is 10.1. The van der Waals surface area contributed by atoms with E-state index in [0.717, 1.165) is 17.0 Å². The highest BCUT2D eigenvalue weighted by molar-refractivity contribution is 5.50. The van der Waals surface area contributed by atoms with Crippen LogP contribution in [0.2, 0.25) is 0 Å². The maximum absolute atomic E-state index is 8.70. The van der Waals surface area contributed by atoms with Crippen molar-refractivity contribution in [1.82, 2.24) is 0 Å². The SMILES string of the molecule is CCOCc1ccccc1NCc1ccc(C#N)o1. The zero-order chi connectivity index (χ0) is 13.5. The van der Waals surface area contributed by atoms with Crippen LogP contribution in [-0.4, -0.2) is 6.61 Å². The minimum absolute atomic E-state index is 0.333. The molecule has 4 heteroatoms. The summed E-state index contributed by atoms with van der Waals surface area (Å²) in [6.45, 7) is 3.80. The van der Waals surface area contributed by atoms with Gasteiger partial charge in [0.15, 0.2) is 0 Å². The third-order valence-electron chi connectivity index (χ3n) is 2.70. The Morgan fingerprint density at radius 2 is 2.11 bits per heavy atom. The van der Waals surface area contributed by atoms with E-state index in [1.165, 1.54) is 0 Å². The van der Waals surface area contributed by atoms with Gasteiger partial charge in [-0.2, -0.15) is 5.26 Å². The fraction of sp³-hybridized carbons (Fsp3) is 0.267. The lowest BCUT2D eigenvalue weighted by Crippen LogP contribution is -2.03. The Balaban J connectivity index is 2.00. The van der Waals surface area contributed by atoms with Gasteiger partial charge in [-0.1, -0.05) is 18.2 Å². The molecule has 1 N–H and O–H groups in total. The van der Waals surface area contributed by atoms with Crippen molar-refractivity contribution in [2.24, 2.45) is 0 Å².